The van der Waals surface area contributed by atoms with Crippen LogP contribution in [0.1, 0.15) is 95.2 Å². The number of nitrogens with one attached hydrogen (secondary N) is 13. The van der Waals surface area contributed by atoms with Gasteiger partial charge in [-0.25, -0.2) is 0 Å². The van der Waals surface area contributed by atoms with Crippen molar-refractivity contribution in [2.45, 2.75) is 164 Å². The fourth-order valence-corrected chi connectivity index (χ4v) is 13.6. The SMILES string of the molecule is CC(C)[C@@H]1NC(=O)[C@@H](NC(=O)[C@H](Cc2ccc(O)cc2)NC(=O)[C@@H]2CCCN2C(=O)[C@H](C)N)CSSC[C@@H](C(N)=O)NC(=O)[C@H](CCC(=O)O)NC(=O)[C@H](Cc2c[nH]c3ccccc23)NC(=O)[C@H](CCC(=O)O)NC(=O)CCNC(=O)[C@H](CCCNC(=N)N)NC(=O)[C@H](Cc2ccc(O)cc2)NC1=O. The maximum absolute atomic E-state index is 15.0. The van der Waals surface area contributed by atoms with Gasteiger partial charge in [0.05, 0.1) is 6.04 Å². The Hall–Kier alpha value is -10.7. The minimum Gasteiger partial charge on any atom is -0.508 e. The molecule has 12 amide bonds. The number of amides is 12. The Morgan fingerprint density at radius 3 is 1.82 bits per heavy atom. The van der Waals surface area contributed by atoms with Crippen LogP contribution in [-0.2, 0) is 86.4 Å². The summed E-state index contributed by atoms with van der Waals surface area (Å²) in [6.07, 6.45) is -1.90. The number of likely N-dealkylation sites (tertiary alicyclic amines) is 1. The van der Waals surface area contributed by atoms with Crippen LogP contribution in [0.15, 0.2) is 79.0 Å². The average molecular weight is 1490 g/mol. The van der Waals surface area contributed by atoms with Crippen LogP contribution in [0, 0.1) is 11.3 Å². The van der Waals surface area contributed by atoms with Gasteiger partial charge in [-0.05, 0) is 98.4 Å². The molecule has 2 saturated heterocycles. The van der Waals surface area contributed by atoms with Crippen LogP contribution >= 0.6 is 21.6 Å². The van der Waals surface area contributed by atoms with Gasteiger partial charge in [0.2, 0.25) is 70.9 Å². The molecular formula is C67H91N17O18S2. The molecule has 104 heavy (non-hydrogen) atoms. The lowest BCUT2D eigenvalue weighted by atomic mass is 10.00. The number of carbonyl (C=O) groups excluding carboxylic acids is 12. The van der Waals surface area contributed by atoms with Crippen molar-refractivity contribution in [3.63, 3.8) is 0 Å². The highest BCUT2D eigenvalue weighted by Crippen LogP contribution is 2.26. The summed E-state index contributed by atoms with van der Waals surface area (Å²) in [5, 5.41) is 76.5. The molecule has 0 radical (unpaired) electrons. The van der Waals surface area contributed by atoms with Gasteiger partial charge < -0.3 is 106 Å². The summed E-state index contributed by atoms with van der Waals surface area (Å²) in [6.45, 7) is 4.31. The second-order valence-corrected chi connectivity index (χ2v) is 28.0. The maximum Gasteiger partial charge on any atom is 0.303 e. The first kappa shape index (κ1) is 82.3. The van der Waals surface area contributed by atoms with E-state index in [2.05, 4.69) is 63.5 Å². The minimum absolute atomic E-state index is 0.0296. The van der Waals surface area contributed by atoms with E-state index >= 15 is 4.79 Å². The van der Waals surface area contributed by atoms with E-state index in [0.29, 0.717) is 34.0 Å². The number of phenolic OH excluding ortho intramolecular Hbond substituents is 2. The Bertz CT molecular complexity index is 3750. The average Bonchev–Trinajstić information content (AvgIpc) is 1.63. The lowest BCUT2D eigenvalue weighted by Gasteiger charge is -2.29. The number of hydrogen-bond acceptors (Lipinski definition) is 20. The van der Waals surface area contributed by atoms with Gasteiger partial charge >= 0.3 is 11.9 Å². The minimum atomic E-state index is -1.77. The van der Waals surface area contributed by atoms with Crippen molar-refractivity contribution in [2.24, 2.45) is 23.1 Å². The van der Waals surface area contributed by atoms with Crippen molar-refractivity contribution in [3.05, 3.63) is 95.7 Å². The number of benzene rings is 3. The molecule has 0 unspecified atom stereocenters. The lowest BCUT2D eigenvalue weighted by molar-refractivity contribution is -0.140. The molecule has 35 nitrogen and oxygen atoms in total. The third kappa shape index (κ3) is 26.0. The largest absolute Gasteiger partial charge is 0.508 e. The van der Waals surface area contributed by atoms with Crippen molar-refractivity contribution in [1.82, 2.24) is 68.4 Å². The Morgan fingerprint density at radius 2 is 1.21 bits per heavy atom. The number of H-pyrrole nitrogens is 1. The van der Waals surface area contributed by atoms with Crippen molar-refractivity contribution >= 4 is 121 Å². The number of carbonyl (C=O) groups is 14. The zero-order chi connectivity index (χ0) is 76.3. The van der Waals surface area contributed by atoms with Crippen molar-refractivity contribution < 1.29 is 87.5 Å². The highest BCUT2D eigenvalue weighted by atomic mass is 33.1. The van der Waals surface area contributed by atoms with Crippen molar-refractivity contribution in [3.8, 4) is 11.5 Å². The molecule has 0 aliphatic carbocycles. The number of aromatic hydroxyl groups is 2. The number of fused-ring (bicyclic) bond motifs is 1. The molecule has 564 valence electrons. The van der Waals surface area contributed by atoms with Crippen LogP contribution in [0.25, 0.3) is 10.9 Å². The summed E-state index contributed by atoms with van der Waals surface area (Å²) in [5.74, 6) is -16.5. The van der Waals surface area contributed by atoms with Gasteiger partial charge in [-0.1, -0.05) is 77.9 Å². The molecule has 3 heterocycles. The molecule has 2 aliphatic heterocycles. The quantitative estimate of drug-likeness (QED) is 0.0156. The summed E-state index contributed by atoms with van der Waals surface area (Å²) < 4.78 is 0. The first-order valence-corrected chi connectivity index (χ1v) is 36.1. The number of primary amides is 1. The number of nitrogens with two attached hydrogens (primary N) is 3. The fourth-order valence-electron chi connectivity index (χ4n) is 11.3. The van der Waals surface area contributed by atoms with Crippen LogP contribution in [-0.4, -0.2) is 217 Å². The smallest absolute Gasteiger partial charge is 0.303 e. The number of aliphatic carboxylic acids is 2. The Kier molecular flexibility index (Phi) is 31.8. The number of hydrogen-bond donors (Lipinski definition) is 20. The van der Waals surface area contributed by atoms with Gasteiger partial charge in [-0.2, -0.15) is 0 Å². The number of aromatic nitrogens is 1. The summed E-state index contributed by atoms with van der Waals surface area (Å²) in [6, 6.07) is 1.58. The molecule has 6 rings (SSSR count). The first-order valence-electron chi connectivity index (χ1n) is 33.6. The van der Waals surface area contributed by atoms with E-state index < -0.39 is 211 Å². The molecule has 2 fully saturated rings. The summed E-state index contributed by atoms with van der Waals surface area (Å²) in [7, 11) is 1.67. The van der Waals surface area contributed by atoms with Gasteiger partial charge in [0, 0.05) is 86.8 Å². The highest BCUT2D eigenvalue weighted by Gasteiger charge is 2.40. The topological polar surface area (TPSA) is 573 Å². The molecule has 3 aromatic carbocycles. The zero-order valence-electron chi connectivity index (χ0n) is 57.5. The standard InChI is InChI=1S/C67H91N17O18S2/c1-34(2)55-65(101)80-47(29-37-14-18-40(86)19-15-37)60(96)76-43(10-6-25-73-67(70)71)57(93)72-26-24-52(87)75-44(20-22-53(88)89)58(94)78-48(30-38-31-74-42-9-5-4-8-41(38)42)62(98)77-45(21-23-54(90)91)59(95)81-49(56(69)92)32-103-104-33-50(63(99)83-55)82-61(97)46(28-36-12-16-39(85)17-13-36)79-64(100)51-11-7-27-84(51)66(102)35(3)68/h4-5,8-9,12-19,31,34-35,43-51,55,74,85-86H,6-7,10-11,20-30,32-33,68H2,1-3H3,(H2,69,92)(H,72,93)(H,75,87)(H,76,96)(H,77,98)(H,78,94)(H,79,100)(H,80,101)(H,81,95)(H,82,97)(H,83,99)(H,88,89)(H,90,91)(H4,70,71,73)/t35-,43-,44-,45-,46-,47-,48-,49-,50-,51-,55-/m0/s1. The number of carboxylic acids is 2. The van der Waals surface area contributed by atoms with Crippen molar-refractivity contribution in [1.29, 1.82) is 5.41 Å². The monoisotopic (exact) mass is 1490 g/mol. The predicted molar refractivity (Wildman–Crippen MR) is 381 cm³/mol. The Balaban J connectivity index is 1.41. The van der Waals surface area contributed by atoms with Crippen LogP contribution in [0.3, 0.4) is 0 Å². The third-order valence-corrected chi connectivity index (χ3v) is 19.3. The second kappa shape index (κ2) is 40.2. The van der Waals surface area contributed by atoms with Gasteiger partial charge in [0.15, 0.2) is 5.96 Å². The van der Waals surface area contributed by atoms with Crippen LogP contribution < -0.4 is 75.7 Å². The summed E-state index contributed by atoms with van der Waals surface area (Å²) in [5.41, 5.74) is 19.1. The molecule has 11 atom stereocenters. The number of nitrogens with zero attached hydrogens (tertiary/aromatic N) is 1. The van der Waals surface area contributed by atoms with Gasteiger partial charge in [-0.15, -0.1) is 0 Å². The molecule has 2 aliphatic rings. The van der Waals surface area contributed by atoms with E-state index in [0.717, 1.165) is 21.6 Å². The highest BCUT2D eigenvalue weighted by molar-refractivity contribution is 8.76. The van der Waals surface area contributed by atoms with Crippen LogP contribution in [0.5, 0.6) is 11.5 Å². The Morgan fingerprint density at radius 1 is 0.654 bits per heavy atom. The predicted octanol–water partition coefficient (Wildman–Crippen LogP) is -2.66. The van der Waals surface area contributed by atoms with E-state index in [1.807, 2.05) is 0 Å². The maximum atomic E-state index is 15.0. The zero-order valence-corrected chi connectivity index (χ0v) is 59.1. The number of aromatic amines is 1. The lowest BCUT2D eigenvalue weighted by Crippen LogP contribution is -2.61. The van der Waals surface area contributed by atoms with Gasteiger partial charge in [0.25, 0.3) is 0 Å². The van der Waals surface area contributed by atoms with Gasteiger partial charge in [0.1, 0.15) is 71.9 Å². The molecule has 0 spiro atoms. The van der Waals surface area contributed by atoms with Crippen LogP contribution in [0.4, 0.5) is 0 Å². The molecule has 23 N–H and O–H groups in total. The van der Waals surface area contributed by atoms with E-state index in [4.69, 9.17) is 22.6 Å². The molecule has 0 bridgehead atoms. The number of guanidine groups is 1. The normalized spacial score (nSPS) is 22.5. The molecule has 37 heteroatoms. The molecular weight excluding hydrogens is 1390 g/mol. The third-order valence-electron chi connectivity index (χ3n) is 16.9. The number of para-hydroxylation sites is 1. The molecule has 0 saturated carbocycles. The number of phenols is 2. The number of carboxylic acid groups (broad SMARTS) is 2. The van der Waals surface area contributed by atoms with E-state index in [1.165, 1.54) is 60.4 Å². The second-order valence-electron chi connectivity index (χ2n) is 25.4. The Labute approximate surface area is 605 Å². The van der Waals surface area contributed by atoms with E-state index in [-0.39, 0.29) is 63.1 Å². The van der Waals surface area contributed by atoms with Crippen LogP contribution in [0.2, 0.25) is 0 Å². The fraction of sp³-hybridized carbons (Fsp3) is 0.478. The number of rotatable bonds is 23. The van der Waals surface area contributed by atoms with E-state index in [1.54, 1.807) is 44.3 Å². The van der Waals surface area contributed by atoms with Gasteiger partial charge in [-0.3, -0.25) is 72.5 Å². The molecule has 4 aromatic rings. The summed E-state index contributed by atoms with van der Waals surface area (Å²) in [4.78, 5) is 200. The van der Waals surface area contributed by atoms with Crippen molar-refractivity contribution in [2.75, 3.05) is 31.1 Å². The van der Waals surface area contributed by atoms with E-state index in [9.17, 15) is 82.8 Å². The first-order chi connectivity index (χ1) is 49.4. The molecule has 1 aromatic heterocycles. The summed E-state index contributed by atoms with van der Waals surface area (Å²) >= 11 is 0.